The summed E-state index contributed by atoms with van der Waals surface area (Å²) in [6.45, 7) is 0.577. The van der Waals surface area contributed by atoms with Crippen molar-refractivity contribution in [3.05, 3.63) is 69.9 Å². The van der Waals surface area contributed by atoms with Gasteiger partial charge in [-0.05, 0) is 61.9 Å². The molecule has 1 fully saturated rings. The molecule has 0 radical (unpaired) electrons. The van der Waals surface area contributed by atoms with Crippen molar-refractivity contribution >= 4 is 16.9 Å². The molecule has 0 saturated heterocycles. The van der Waals surface area contributed by atoms with Crippen LogP contribution >= 0.6 is 0 Å². The first-order valence-corrected chi connectivity index (χ1v) is 10.5. The van der Waals surface area contributed by atoms with Gasteiger partial charge in [0.1, 0.15) is 5.82 Å². The van der Waals surface area contributed by atoms with Crippen molar-refractivity contribution in [1.82, 2.24) is 14.5 Å². The summed E-state index contributed by atoms with van der Waals surface area (Å²) in [6, 6.07) is 9.68. The summed E-state index contributed by atoms with van der Waals surface area (Å²) in [5.41, 5.74) is 0.0131. The molecule has 1 heterocycles. The van der Waals surface area contributed by atoms with Gasteiger partial charge in [0.25, 0.3) is 5.91 Å². The Bertz CT molecular complexity index is 1200. The van der Waals surface area contributed by atoms with E-state index in [-0.39, 0.29) is 23.2 Å². The third-order valence-corrected chi connectivity index (χ3v) is 6.21. The van der Waals surface area contributed by atoms with E-state index in [1.54, 1.807) is 16.2 Å². The molecule has 1 aliphatic rings. The van der Waals surface area contributed by atoms with Crippen molar-refractivity contribution in [2.45, 2.75) is 44.4 Å². The first-order chi connectivity index (χ1) is 15.1. The van der Waals surface area contributed by atoms with E-state index in [4.69, 9.17) is 0 Å². The van der Waals surface area contributed by atoms with E-state index < -0.39 is 23.5 Å². The predicted octanol–water partition coefficient (Wildman–Crippen LogP) is 4.49. The lowest BCUT2D eigenvalue weighted by molar-refractivity contribution is -0.140. The number of benzene rings is 2. The third kappa shape index (κ3) is 4.28. The molecule has 1 aromatic heterocycles. The van der Waals surface area contributed by atoms with Gasteiger partial charge >= 0.3 is 11.9 Å². The maximum atomic E-state index is 13.5. The van der Waals surface area contributed by atoms with E-state index in [1.165, 1.54) is 0 Å². The summed E-state index contributed by atoms with van der Waals surface area (Å²) in [4.78, 5) is 25.0. The number of aryl methyl sites for hydroxylation is 1. The molecule has 0 aliphatic heterocycles. The van der Waals surface area contributed by atoms with Crippen LogP contribution in [0.4, 0.5) is 17.6 Å². The molecule has 0 spiro atoms. The molecule has 1 saturated carbocycles. The Balaban J connectivity index is 1.38. The quantitative estimate of drug-likeness (QED) is 0.597. The van der Waals surface area contributed by atoms with Crippen molar-refractivity contribution in [2.24, 2.45) is 13.0 Å². The number of halogens is 4. The van der Waals surface area contributed by atoms with Crippen LogP contribution in [-0.4, -0.2) is 21.1 Å². The highest BCUT2D eigenvalue weighted by Crippen LogP contribution is 2.32. The van der Waals surface area contributed by atoms with Gasteiger partial charge < -0.3 is 5.32 Å². The number of amides is 1. The molecule has 3 aromatic rings. The number of fused-ring (bicyclic) bond motifs is 1. The molecule has 9 heteroatoms. The Labute approximate surface area is 181 Å². The van der Waals surface area contributed by atoms with E-state index in [9.17, 15) is 27.2 Å². The smallest absolute Gasteiger partial charge is 0.349 e. The van der Waals surface area contributed by atoms with Gasteiger partial charge in [0.15, 0.2) is 0 Å². The van der Waals surface area contributed by atoms with Gasteiger partial charge in [0.2, 0.25) is 0 Å². The molecule has 2 aromatic carbocycles. The molecule has 0 atom stereocenters. The van der Waals surface area contributed by atoms with Crippen LogP contribution in [0.2, 0.25) is 0 Å². The SMILES string of the molecule is Cn1c(=O)n(CC2CCC(NC(=O)c3ccc(F)c(C(F)(F)F)c3)CC2)c2ccccc21. The van der Waals surface area contributed by atoms with Crippen LogP contribution in [0, 0.1) is 11.7 Å². The zero-order chi connectivity index (χ0) is 23.0. The number of imidazole rings is 1. The second-order valence-electron chi connectivity index (χ2n) is 8.32. The van der Waals surface area contributed by atoms with E-state index in [0.717, 1.165) is 29.9 Å². The second-order valence-corrected chi connectivity index (χ2v) is 8.32. The topological polar surface area (TPSA) is 56.0 Å². The van der Waals surface area contributed by atoms with Crippen LogP contribution in [0.15, 0.2) is 47.3 Å². The van der Waals surface area contributed by atoms with Crippen LogP contribution in [-0.2, 0) is 19.8 Å². The molecule has 1 aliphatic carbocycles. The number of carbonyl (C=O) groups is 1. The lowest BCUT2D eigenvalue weighted by Gasteiger charge is -2.29. The highest BCUT2D eigenvalue weighted by molar-refractivity contribution is 5.94. The third-order valence-electron chi connectivity index (χ3n) is 6.21. The lowest BCUT2D eigenvalue weighted by Crippen LogP contribution is -2.38. The fourth-order valence-electron chi connectivity index (χ4n) is 4.44. The van der Waals surface area contributed by atoms with Crippen molar-refractivity contribution in [3.8, 4) is 0 Å². The van der Waals surface area contributed by atoms with E-state index >= 15 is 0 Å². The maximum absolute atomic E-state index is 13.5. The Morgan fingerprint density at radius 3 is 2.38 bits per heavy atom. The molecule has 170 valence electrons. The maximum Gasteiger partial charge on any atom is 0.419 e. The molecule has 1 amide bonds. The predicted molar refractivity (Wildman–Crippen MR) is 112 cm³/mol. The summed E-state index contributed by atoms with van der Waals surface area (Å²) in [6.07, 6.45) is -2.00. The van der Waals surface area contributed by atoms with Crippen LogP contribution in [0.1, 0.15) is 41.6 Å². The number of rotatable bonds is 4. The average molecular weight is 449 g/mol. The number of hydrogen-bond donors (Lipinski definition) is 1. The highest BCUT2D eigenvalue weighted by Gasteiger charge is 2.35. The van der Waals surface area contributed by atoms with Crippen LogP contribution < -0.4 is 11.0 Å². The first-order valence-electron chi connectivity index (χ1n) is 10.5. The number of nitrogens with one attached hydrogen (secondary N) is 1. The van der Waals surface area contributed by atoms with Crippen molar-refractivity contribution in [2.75, 3.05) is 0 Å². The van der Waals surface area contributed by atoms with Crippen LogP contribution in [0.5, 0.6) is 0 Å². The molecule has 4 rings (SSSR count). The van der Waals surface area contributed by atoms with Gasteiger partial charge in [0, 0.05) is 25.2 Å². The second kappa shape index (κ2) is 8.44. The van der Waals surface area contributed by atoms with Crippen molar-refractivity contribution < 1.29 is 22.4 Å². The van der Waals surface area contributed by atoms with Gasteiger partial charge in [-0.25, -0.2) is 9.18 Å². The number of alkyl halides is 3. The minimum atomic E-state index is -4.86. The monoisotopic (exact) mass is 449 g/mol. The average Bonchev–Trinajstić information content (AvgIpc) is 2.99. The summed E-state index contributed by atoms with van der Waals surface area (Å²) >= 11 is 0. The molecular formula is C23H23F4N3O2. The first kappa shape index (κ1) is 22.1. The Morgan fingerprint density at radius 1 is 1.06 bits per heavy atom. The van der Waals surface area contributed by atoms with E-state index in [2.05, 4.69) is 5.32 Å². The summed E-state index contributed by atoms with van der Waals surface area (Å²) < 4.78 is 55.6. The summed E-state index contributed by atoms with van der Waals surface area (Å²) in [5.74, 6) is -1.79. The minimum Gasteiger partial charge on any atom is -0.349 e. The van der Waals surface area contributed by atoms with Gasteiger partial charge in [-0.15, -0.1) is 0 Å². The molecule has 5 nitrogen and oxygen atoms in total. The molecule has 1 N–H and O–H groups in total. The largest absolute Gasteiger partial charge is 0.419 e. The Hall–Kier alpha value is -3.10. The molecule has 32 heavy (non-hydrogen) atoms. The molecule has 0 bridgehead atoms. The molecule has 0 unspecified atom stereocenters. The molecular weight excluding hydrogens is 426 g/mol. The Kier molecular flexibility index (Phi) is 5.83. The Morgan fingerprint density at radius 2 is 1.72 bits per heavy atom. The van der Waals surface area contributed by atoms with E-state index in [0.29, 0.717) is 31.5 Å². The number of hydrogen-bond acceptors (Lipinski definition) is 2. The van der Waals surface area contributed by atoms with Gasteiger partial charge in [0.05, 0.1) is 16.6 Å². The number of nitrogens with zero attached hydrogens (tertiary/aromatic N) is 2. The zero-order valence-corrected chi connectivity index (χ0v) is 17.5. The number of aromatic nitrogens is 2. The highest BCUT2D eigenvalue weighted by atomic mass is 19.4. The number of carbonyl (C=O) groups excluding carboxylic acids is 1. The van der Waals surface area contributed by atoms with Gasteiger partial charge in [-0.3, -0.25) is 13.9 Å². The normalized spacial score (nSPS) is 19.3. The van der Waals surface area contributed by atoms with E-state index in [1.807, 2.05) is 24.3 Å². The summed E-state index contributed by atoms with van der Waals surface area (Å²) in [5, 5.41) is 2.76. The summed E-state index contributed by atoms with van der Waals surface area (Å²) in [7, 11) is 1.74. The van der Waals surface area contributed by atoms with Crippen LogP contribution in [0.3, 0.4) is 0 Å². The standard InChI is InChI=1S/C23H23F4N3O2/c1-29-19-4-2-3-5-20(19)30(22(29)32)13-14-6-9-16(10-7-14)28-21(31)15-8-11-18(24)17(12-15)23(25,26)27/h2-5,8,11-12,14,16H,6-7,9-10,13H2,1H3,(H,28,31). The van der Waals surface area contributed by atoms with Crippen LogP contribution in [0.25, 0.3) is 11.0 Å². The number of para-hydroxylation sites is 2. The minimum absolute atomic E-state index is 0.0709. The lowest BCUT2D eigenvalue weighted by atomic mass is 9.85. The van der Waals surface area contributed by atoms with Gasteiger partial charge in [-0.2, -0.15) is 13.2 Å². The van der Waals surface area contributed by atoms with Gasteiger partial charge in [-0.1, -0.05) is 12.1 Å². The van der Waals surface area contributed by atoms with Crippen molar-refractivity contribution in [3.63, 3.8) is 0 Å². The fraction of sp³-hybridized carbons (Fsp3) is 0.391. The fourth-order valence-corrected chi connectivity index (χ4v) is 4.44. The zero-order valence-electron chi connectivity index (χ0n) is 17.5. The van der Waals surface area contributed by atoms with Crippen molar-refractivity contribution in [1.29, 1.82) is 0 Å².